The molecule has 0 aliphatic heterocycles. The molecule has 0 saturated heterocycles. The van der Waals surface area contributed by atoms with E-state index in [1.165, 1.54) is 22.3 Å². The number of hydrogen-bond acceptors (Lipinski definition) is 1. The number of hydrogen-bond donors (Lipinski definition) is 1. The van der Waals surface area contributed by atoms with Crippen molar-refractivity contribution < 1.29 is 5.11 Å². The maximum atomic E-state index is 9.95. The highest BCUT2D eigenvalue weighted by Crippen LogP contribution is 2.40. The maximum Gasteiger partial charge on any atom is 0.0585 e. The van der Waals surface area contributed by atoms with Crippen molar-refractivity contribution in [2.45, 2.75) is 60.5 Å². The largest absolute Gasteiger partial charge is 0.393 e. The summed E-state index contributed by atoms with van der Waals surface area (Å²) in [6.45, 7) is 12.8. The van der Waals surface area contributed by atoms with E-state index in [4.69, 9.17) is 0 Å². The van der Waals surface area contributed by atoms with Crippen LogP contribution in [0, 0.1) is 5.41 Å². The molecule has 0 aromatic carbocycles. The first-order valence-corrected chi connectivity index (χ1v) is 8.47. The quantitative estimate of drug-likeness (QED) is 0.611. The van der Waals surface area contributed by atoms with Gasteiger partial charge in [0.15, 0.2) is 0 Å². The Morgan fingerprint density at radius 2 is 1.70 bits per heavy atom. The molecule has 0 unspecified atom stereocenters. The van der Waals surface area contributed by atoms with Gasteiger partial charge in [0.1, 0.15) is 0 Å². The highest BCUT2D eigenvalue weighted by atomic mass is 16.3. The number of aliphatic hydroxyl groups excluding tert-OH is 1. The van der Waals surface area contributed by atoms with E-state index in [1.807, 2.05) is 19.1 Å². The predicted octanol–water partition coefficient (Wildman–Crippen LogP) is 6.06. The van der Waals surface area contributed by atoms with Crippen LogP contribution in [-0.2, 0) is 0 Å². The first kappa shape index (κ1) is 19.4. The Morgan fingerprint density at radius 3 is 2.30 bits per heavy atom. The van der Waals surface area contributed by atoms with Crippen LogP contribution in [0.1, 0.15) is 54.4 Å². The SMILES string of the molecule is CC=CC=C(C)C=CC=C(C)C=CC1=C(C)C[C@@H](O)CC1(C)C. The van der Waals surface area contributed by atoms with E-state index in [9.17, 15) is 5.11 Å². The molecule has 0 aromatic rings. The zero-order chi connectivity index (χ0) is 17.5. The van der Waals surface area contributed by atoms with Crippen LogP contribution < -0.4 is 0 Å². The first-order valence-electron chi connectivity index (χ1n) is 8.47. The fourth-order valence-electron chi connectivity index (χ4n) is 3.11. The Labute approximate surface area is 142 Å². The minimum Gasteiger partial charge on any atom is -0.393 e. The Bertz CT molecular complexity index is 577. The van der Waals surface area contributed by atoms with Crippen molar-refractivity contribution in [2.24, 2.45) is 5.41 Å². The Kier molecular flexibility index (Phi) is 7.51. The maximum absolute atomic E-state index is 9.95. The molecular formula is C22H32O. The van der Waals surface area contributed by atoms with Crippen LogP contribution in [0.4, 0.5) is 0 Å². The summed E-state index contributed by atoms with van der Waals surface area (Å²) in [5.41, 5.74) is 5.17. The van der Waals surface area contributed by atoms with Crippen LogP contribution in [0.25, 0.3) is 0 Å². The molecule has 1 nitrogen and oxygen atoms in total. The second-order valence-corrected chi connectivity index (χ2v) is 7.18. The summed E-state index contributed by atoms with van der Waals surface area (Å²) in [6.07, 6.45) is 18.3. The molecule has 1 rings (SSSR count). The van der Waals surface area contributed by atoms with E-state index in [0.717, 1.165) is 12.8 Å². The molecule has 1 aliphatic rings. The van der Waals surface area contributed by atoms with E-state index in [1.54, 1.807) is 0 Å². The summed E-state index contributed by atoms with van der Waals surface area (Å²) in [4.78, 5) is 0. The van der Waals surface area contributed by atoms with Crippen molar-refractivity contribution in [3.8, 4) is 0 Å². The van der Waals surface area contributed by atoms with E-state index >= 15 is 0 Å². The third-order valence-electron chi connectivity index (χ3n) is 4.26. The van der Waals surface area contributed by atoms with Crippen molar-refractivity contribution in [3.63, 3.8) is 0 Å². The summed E-state index contributed by atoms with van der Waals surface area (Å²) in [6, 6.07) is 0. The third-order valence-corrected chi connectivity index (χ3v) is 4.26. The summed E-state index contributed by atoms with van der Waals surface area (Å²) in [5, 5.41) is 9.95. The standard InChI is InChI=1S/C22H32O/c1-7-8-10-17(2)11-9-12-18(3)13-14-21-19(4)15-20(23)16-22(21,5)6/h7-14,20,23H,15-16H2,1-6H3/t20-/m1/s1. The smallest absolute Gasteiger partial charge is 0.0585 e. The first-order chi connectivity index (χ1) is 10.8. The van der Waals surface area contributed by atoms with Gasteiger partial charge in [-0.2, -0.15) is 0 Å². The van der Waals surface area contributed by atoms with E-state index in [0.29, 0.717) is 0 Å². The summed E-state index contributed by atoms with van der Waals surface area (Å²) < 4.78 is 0. The van der Waals surface area contributed by atoms with Crippen LogP contribution >= 0.6 is 0 Å². The molecule has 1 N–H and O–H groups in total. The van der Waals surface area contributed by atoms with Gasteiger partial charge in [-0.3, -0.25) is 0 Å². The molecule has 0 bridgehead atoms. The van der Waals surface area contributed by atoms with Gasteiger partial charge in [-0.25, -0.2) is 0 Å². The van der Waals surface area contributed by atoms with Crippen molar-refractivity contribution in [2.75, 3.05) is 0 Å². The van der Waals surface area contributed by atoms with E-state index < -0.39 is 0 Å². The van der Waals surface area contributed by atoms with E-state index in [-0.39, 0.29) is 11.5 Å². The van der Waals surface area contributed by atoms with Crippen molar-refractivity contribution in [1.82, 2.24) is 0 Å². The van der Waals surface area contributed by atoms with Gasteiger partial charge in [-0.05, 0) is 51.5 Å². The molecule has 1 atom stereocenters. The highest BCUT2D eigenvalue weighted by Gasteiger charge is 2.31. The van der Waals surface area contributed by atoms with Crippen LogP contribution in [-0.4, -0.2) is 11.2 Å². The summed E-state index contributed by atoms with van der Waals surface area (Å²) in [5.74, 6) is 0. The predicted molar refractivity (Wildman–Crippen MR) is 102 cm³/mol. The molecule has 1 aliphatic carbocycles. The molecule has 0 aromatic heterocycles. The van der Waals surface area contributed by atoms with Crippen LogP contribution in [0.15, 0.2) is 70.9 Å². The molecule has 0 fully saturated rings. The molecule has 0 saturated carbocycles. The lowest BCUT2D eigenvalue weighted by molar-refractivity contribution is 0.116. The second kappa shape index (κ2) is 8.88. The van der Waals surface area contributed by atoms with Crippen molar-refractivity contribution >= 4 is 0 Å². The minimum absolute atomic E-state index is 0.0418. The normalized spacial score (nSPS) is 23.7. The van der Waals surface area contributed by atoms with Gasteiger partial charge in [0.25, 0.3) is 0 Å². The van der Waals surface area contributed by atoms with Gasteiger partial charge in [0, 0.05) is 0 Å². The zero-order valence-electron chi connectivity index (χ0n) is 15.6. The van der Waals surface area contributed by atoms with Gasteiger partial charge >= 0.3 is 0 Å². The average Bonchev–Trinajstić information content (AvgIpc) is 2.43. The third kappa shape index (κ3) is 6.58. The number of allylic oxidation sites excluding steroid dienone is 11. The molecular weight excluding hydrogens is 280 g/mol. The highest BCUT2D eigenvalue weighted by molar-refractivity contribution is 5.37. The molecule has 126 valence electrons. The summed E-state index contributed by atoms with van der Waals surface area (Å²) >= 11 is 0. The van der Waals surface area contributed by atoms with Crippen molar-refractivity contribution in [1.29, 1.82) is 0 Å². The Balaban J connectivity index is 2.82. The fourth-order valence-corrected chi connectivity index (χ4v) is 3.11. The van der Waals surface area contributed by atoms with E-state index in [2.05, 4.69) is 71.1 Å². The van der Waals surface area contributed by atoms with Crippen LogP contribution in [0.3, 0.4) is 0 Å². The van der Waals surface area contributed by atoms with Gasteiger partial charge in [0.05, 0.1) is 6.10 Å². The number of rotatable bonds is 5. The van der Waals surface area contributed by atoms with Gasteiger partial charge in [-0.15, -0.1) is 0 Å². The fraction of sp³-hybridized carbons (Fsp3) is 0.455. The Hall–Kier alpha value is -1.60. The Morgan fingerprint density at radius 1 is 1.09 bits per heavy atom. The lowest BCUT2D eigenvalue weighted by atomic mass is 9.71. The monoisotopic (exact) mass is 312 g/mol. The van der Waals surface area contributed by atoms with Crippen LogP contribution in [0.2, 0.25) is 0 Å². The minimum atomic E-state index is -0.200. The van der Waals surface area contributed by atoms with Crippen LogP contribution in [0.5, 0.6) is 0 Å². The zero-order valence-corrected chi connectivity index (χ0v) is 15.6. The molecule has 23 heavy (non-hydrogen) atoms. The lowest BCUT2D eigenvalue weighted by Crippen LogP contribution is -2.28. The molecule has 0 radical (unpaired) electrons. The topological polar surface area (TPSA) is 20.2 Å². The summed E-state index contributed by atoms with van der Waals surface area (Å²) in [7, 11) is 0. The molecule has 1 heteroatoms. The van der Waals surface area contributed by atoms with Gasteiger partial charge in [-0.1, -0.05) is 79.2 Å². The average molecular weight is 312 g/mol. The number of aliphatic hydroxyl groups is 1. The van der Waals surface area contributed by atoms with Gasteiger partial charge < -0.3 is 5.11 Å². The molecule has 0 amide bonds. The second-order valence-electron chi connectivity index (χ2n) is 7.18. The van der Waals surface area contributed by atoms with Crippen molar-refractivity contribution in [3.05, 3.63) is 70.9 Å². The van der Waals surface area contributed by atoms with Gasteiger partial charge in [0.2, 0.25) is 0 Å². The lowest BCUT2D eigenvalue weighted by Gasteiger charge is -2.35. The molecule has 0 heterocycles. The molecule has 0 spiro atoms.